The molecule has 0 aliphatic heterocycles. The van der Waals surface area contributed by atoms with E-state index in [9.17, 15) is 9.59 Å². The normalized spacial score (nSPS) is 10.9. The summed E-state index contributed by atoms with van der Waals surface area (Å²) in [6.07, 6.45) is 1.57. The Morgan fingerprint density at radius 2 is 1.97 bits per heavy atom. The van der Waals surface area contributed by atoms with Crippen molar-refractivity contribution in [3.05, 3.63) is 59.9 Å². The number of thiophene rings is 1. The highest BCUT2D eigenvalue weighted by Crippen LogP contribution is 2.40. The smallest absolute Gasteiger partial charge is 0.341 e. The highest BCUT2D eigenvalue weighted by molar-refractivity contribution is 7.99. The first-order valence-electron chi connectivity index (χ1n) is 10.2. The van der Waals surface area contributed by atoms with Gasteiger partial charge in [0.25, 0.3) is 0 Å². The molecule has 3 aromatic heterocycles. The number of esters is 1. The number of carbonyl (C=O) groups excluding carboxylic acids is 2. The van der Waals surface area contributed by atoms with Gasteiger partial charge >= 0.3 is 5.97 Å². The van der Waals surface area contributed by atoms with Gasteiger partial charge in [-0.25, -0.2) is 4.79 Å². The number of hydrogen-bond acceptors (Lipinski definition) is 8. The summed E-state index contributed by atoms with van der Waals surface area (Å²) in [5.74, 6) is 0.572. The number of benzene rings is 1. The zero-order valence-electron chi connectivity index (χ0n) is 18.3. The molecule has 1 N–H and O–H groups in total. The molecule has 0 fully saturated rings. The zero-order valence-corrected chi connectivity index (χ0v) is 20.0. The fraction of sp³-hybridized carbons (Fsp3) is 0.217. The van der Waals surface area contributed by atoms with Gasteiger partial charge in [-0.2, -0.15) is 0 Å². The van der Waals surface area contributed by atoms with Gasteiger partial charge in [0.15, 0.2) is 16.7 Å². The van der Waals surface area contributed by atoms with Crippen molar-refractivity contribution < 1.29 is 18.7 Å². The van der Waals surface area contributed by atoms with Gasteiger partial charge in [0.1, 0.15) is 5.00 Å². The Labute approximate surface area is 199 Å². The standard InChI is InChI=1S/C23H22N4O4S2/c1-4-30-22(29)18-14(2)19(15-9-6-5-7-10-15)33-21(18)24-17(28)13-32-23-26-25-20(27(23)3)16-11-8-12-31-16/h5-12H,4,13H2,1-3H3,(H,24,28). The summed E-state index contributed by atoms with van der Waals surface area (Å²) in [6.45, 7) is 3.87. The number of anilines is 1. The molecule has 4 aromatic rings. The molecule has 0 radical (unpaired) electrons. The molecule has 0 spiro atoms. The number of ether oxygens (including phenoxy) is 1. The monoisotopic (exact) mass is 482 g/mol. The Kier molecular flexibility index (Phi) is 6.95. The van der Waals surface area contributed by atoms with Gasteiger partial charge in [0.05, 0.1) is 24.2 Å². The molecule has 1 amide bonds. The van der Waals surface area contributed by atoms with Crippen molar-refractivity contribution in [3.8, 4) is 22.0 Å². The molecule has 8 nitrogen and oxygen atoms in total. The maximum atomic E-state index is 12.8. The van der Waals surface area contributed by atoms with E-state index < -0.39 is 5.97 Å². The largest absolute Gasteiger partial charge is 0.462 e. The van der Waals surface area contributed by atoms with Gasteiger partial charge in [0, 0.05) is 11.9 Å². The molecule has 0 unspecified atom stereocenters. The lowest BCUT2D eigenvalue weighted by molar-refractivity contribution is -0.113. The fourth-order valence-electron chi connectivity index (χ4n) is 3.27. The van der Waals surface area contributed by atoms with Gasteiger partial charge < -0.3 is 19.0 Å². The summed E-state index contributed by atoms with van der Waals surface area (Å²) in [5.41, 5.74) is 2.15. The van der Waals surface area contributed by atoms with Crippen LogP contribution >= 0.6 is 23.1 Å². The van der Waals surface area contributed by atoms with Crippen molar-refractivity contribution in [1.82, 2.24) is 14.8 Å². The molecule has 0 aliphatic rings. The molecule has 170 valence electrons. The van der Waals surface area contributed by atoms with Crippen LogP contribution in [0, 0.1) is 6.92 Å². The van der Waals surface area contributed by atoms with Crippen LogP contribution in [0.25, 0.3) is 22.0 Å². The third kappa shape index (κ3) is 4.86. The van der Waals surface area contributed by atoms with Crippen molar-refractivity contribution in [2.24, 2.45) is 7.05 Å². The summed E-state index contributed by atoms with van der Waals surface area (Å²) >= 11 is 2.61. The van der Waals surface area contributed by atoms with Crippen LogP contribution in [-0.4, -0.2) is 39.0 Å². The van der Waals surface area contributed by atoms with Crippen molar-refractivity contribution in [2.45, 2.75) is 19.0 Å². The average molecular weight is 483 g/mol. The fourth-order valence-corrected chi connectivity index (χ4v) is 5.20. The lowest BCUT2D eigenvalue weighted by atomic mass is 10.1. The molecule has 3 heterocycles. The Hall–Kier alpha value is -3.37. The second kappa shape index (κ2) is 10.1. The lowest BCUT2D eigenvalue weighted by Gasteiger charge is -2.07. The molecule has 33 heavy (non-hydrogen) atoms. The molecule has 0 bridgehead atoms. The van der Waals surface area contributed by atoms with E-state index in [1.165, 1.54) is 23.1 Å². The van der Waals surface area contributed by atoms with Crippen LogP contribution in [0.5, 0.6) is 0 Å². The predicted octanol–water partition coefficient (Wildman–Crippen LogP) is 5.02. The minimum Gasteiger partial charge on any atom is -0.462 e. The third-order valence-electron chi connectivity index (χ3n) is 4.82. The number of rotatable bonds is 8. The summed E-state index contributed by atoms with van der Waals surface area (Å²) in [7, 11) is 1.81. The van der Waals surface area contributed by atoms with Crippen molar-refractivity contribution in [2.75, 3.05) is 17.7 Å². The van der Waals surface area contributed by atoms with Crippen LogP contribution in [-0.2, 0) is 16.6 Å². The lowest BCUT2D eigenvalue weighted by Crippen LogP contribution is -2.16. The van der Waals surface area contributed by atoms with Crippen molar-refractivity contribution in [1.29, 1.82) is 0 Å². The molecule has 0 saturated carbocycles. The summed E-state index contributed by atoms with van der Waals surface area (Å²) < 4.78 is 12.4. The number of carbonyl (C=O) groups is 2. The Bertz CT molecular complexity index is 1260. The third-order valence-corrected chi connectivity index (χ3v) is 7.10. The maximum Gasteiger partial charge on any atom is 0.341 e. The van der Waals surface area contributed by atoms with Gasteiger partial charge in [0.2, 0.25) is 5.91 Å². The molecule has 0 atom stereocenters. The molecular formula is C23H22N4O4S2. The van der Waals surface area contributed by atoms with E-state index in [0.29, 0.717) is 27.3 Å². The summed E-state index contributed by atoms with van der Waals surface area (Å²) in [4.78, 5) is 26.3. The molecule has 0 aliphatic carbocycles. The number of nitrogens with one attached hydrogen (secondary N) is 1. The second-order valence-corrected chi connectivity index (χ2v) is 8.99. The van der Waals surface area contributed by atoms with E-state index in [1.54, 1.807) is 29.9 Å². The van der Waals surface area contributed by atoms with Gasteiger partial charge in [-0.1, -0.05) is 42.1 Å². The number of aromatic nitrogens is 3. The average Bonchev–Trinajstić information content (AvgIpc) is 3.53. The second-order valence-electron chi connectivity index (χ2n) is 7.03. The van der Waals surface area contributed by atoms with Crippen LogP contribution in [0.3, 0.4) is 0 Å². The highest BCUT2D eigenvalue weighted by atomic mass is 32.2. The summed E-state index contributed by atoms with van der Waals surface area (Å²) in [5, 5.41) is 12.2. The molecule has 10 heteroatoms. The number of thioether (sulfide) groups is 1. The van der Waals surface area contributed by atoms with Crippen molar-refractivity contribution in [3.63, 3.8) is 0 Å². The topological polar surface area (TPSA) is 99.2 Å². The first-order chi connectivity index (χ1) is 16.0. The van der Waals surface area contributed by atoms with E-state index >= 15 is 0 Å². The van der Waals surface area contributed by atoms with Crippen molar-refractivity contribution >= 4 is 40.0 Å². The van der Waals surface area contributed by atoms with Gasteiger partial charge in [-0.15, -0.1) is 21.5 Å². The molecular weight excluding hydrogens is 460 g/mol. The zero-order chi connectivity index (χ0) is 23.4. The Balaban J connectivity index is 1.52. The molecule has 1 aromatic carbocycles. The minimum atomic E-state index is -0.451. The van der Waals surface area contributed by atoms with Gasteiger partial charge in [-0.05, 0) is 37.1 Å². The first kappa shape index (κ1) is 22.8. The quantitative estimate of drug-likeness (QED) is 0.278. The van der Waals surface area contributed by atoms with Crippen LogP contribution in [0.4, 0.5) is 5.00 Å². The number of nitrogens with zero attached hydrogens (tertiary/aromatic N) is 3. The van der Waals surface area contributed by atoms with E-state index in [0.717, 1.165) is 16.0 Å². The van der Waals surface area contributed by atoms with E-state index in [4.69, 9.17) is 9.15 Å². The van der Waals surface area contributed by atoms with Crippen LogP contribution in [0.1, 0.15) is 22.8 Å². The van der Waals surface area contributed by atoms with E-state index in [2.05, 4.69) is 15.5 Å². The van der Waals surface area contributed by atoms with Crippen LogP contribution < -0.4 is 5.32 Å². The van der Waals surface area contributed by atoms with E-state index in [1.807, 2.05) is 44.3 Å². The minimum absolute atomic E-state index is 0.101. The number of hydrogen-bond donors (Lipinski definition) is 1. The van der Waals surface area contributed by atoms with Crippen LogP contribution in [0.2, 0.25) is 0 Å². The van der Waals surface area contributed by atoms with Gasteiger partial charge in [-0.3, -0.25) is 4.79 Å². The molecule has 0 saturated heterocycles. The highest BCUT2D eigenvalue weighted by Gasteiger charge is 2.24. The number of amides is 1. The first-order valence-corrected chi connectivity index (χ1v) is 12.0. The maximum absolute atomic E-state index is 12.8. The number of furan rings is 1. The van der Waals surface area contributed by atoms with Crippen LogP contribution in [0.15, 0.2) is 58.3 Å². The molecule has 4 rings (SSSR count). The predicted molar refractivity (Wildman–Crippen MR) is 129 cm³/mol. The Morgan fingerprint density at radius 3 is 2.67 bits per heavy atom. The Morgan fingerprint density at radius 1 is 1.18 bits per heavy atom. The van der Waals surface area contributed by atoms with E-state index in [-0.39, 0.29) is 18.3 Å². The SMILES string of the molecule is CCOC(=O)c1c(NC(=O)CSc2nnc(-c3ccco3)n2C)sc(-c2ccccc2)c1C. The summed E-state index contributed by atoms with van der Waals surface area (Å²) in [6, 6.07) is 13.3.